The second kappa shape index (κ2) is 7.81. The van der Waals surface area contributed by atoms with Gasteiger partial charge in [-0.05, 0) is 12.8 Å². The molecule has 0 aromatic carbocycles. The molecule has 0 atom stereocenters. The van der Waals surface area contributed by atoms with Crippen molar-refractivity contribution in [3.05, 3.63) is 16.6 Å². The molecule has 1 N–H and O–H groups in total. The quantitative estimate of drug-likeness (QED) is 0.816. The lowest BCUT2D eigenvalue weighted by Gasteiger charge is -2.20. The second-order valence-corrected chi connectivity index (χ2v) is 4.67. The first-order valence-corrected chi connectivity index (χ1v) is 7.07. The minimum atomic E-state index is -0.176. The first-order chi connectivity index (χ1) is 8.69. The van der Waals surface area contributed by atoms with Crippen LogP contribution >= 0.6 is 11.3 Å². The van der Waals surface area contributed by atoms with Crippen LogP contribution in [0.3, 0.4) is 0 Å². The average molecular weight is 269 g/mol. The highest BCUT2D eigenvalue weighted by atomic mass is 32.1. The predicted molar refractivity (Wildman–Crippen MR) is 71.6 cm³/mol. The van der Waals surface area contributed by atoms with E-state index in [1.807, 2.05) is 13.8 Å². The van der Waals surface area contributed by atoms with Crippen LogP contribution in [0.1, 0.15) is 37.2 Å². The highest BCUT2D eigenvalue weighted by Gasteiger charge is 2.19. The Hall–Kier alpha value is -1.43. The van der Waals surface area contributed by atoms with Crippen LogP contribution in [0.25, 0.3) is 0 Å². The average Bonchev–Trinajstić information content (AvgIpc) is 2.88. The largest absolute Gasteiger partial charge is 0.355 e. The molecule has 18 heavy (non-hydrogen) atoms. The Labute approximate surface area is 111 Å². The number of carbonyl (C=O) groups is 2. The molecule has 0 radical (unpaired) electrons. The molecule has 0 saturated heterocycles. The van der Waals surface area contributed by atoms with Gasteiger partial charge in [0.25, 0.3) is 5.91 Å². The lowest BCUT2D eigenvalue weighted by atomic mass is 10.3. The molecule has 5 nitrogen and oxygen atoms in total. The van der Waals surface area contributed by atoms with E-state index in [1.165, 1.54) is 11.3 Å². The molecule has 0 fully saturated rings. The third-order valence-corrected chi connectivity index (χ3v) is 2.93. The van der Waals surface area contributed by atoms with Crippen LogP contribution in [0.4, 0.5) is 0 Å². The van der Waals surface area contributed by atoms with E-state index in [0.29, 0.717) is 18.8 Å². The second-order valence-electron chi connectivity index (χ2n) is 3.95. The smallest absolute Gasteiger partial charge is 0.273 e. The molecule has 0 aliphatic rings. The minimum Gasteiger partial charge on any atom is -0.355 e. The van der Waals surface area contributed by atoms with Gasteiger partial charge in [0.1, 0.15) is 5.69 Å². The number of aromatic nitrogens is 1. The topological polar surface area (TPSA) is 62.3 Å². The first-order valence-electron chi connectivity index (χ1n) is 6.13. The molecule has 1 aromatic heterocycles. The van der Waals surface area contributed by atoms with E-state index < -0.39 is 0 Å². The van der Waals surface area contributed by atoms with E-state index in [1.54, 1.807) is 15.8 Å². The highest BCUT2D eigenvalue weighted by Crippen LogP contribution is 2.06. The summed E-state index contributed by atoms with van der Waals surface area (Å²) >= 11 is 1.38. The highest BCUT2D eigenvalue weighted by molar-refractivity contribution is 7.07. The standard InChI is InChI=1S/C12H19N3O2S/c1-3-5-13-11(16)7-15(6-4-2)12(17)10-8-18-9-14-10/h8-9H,3-7H2,1-2H3,(H,13,16). The van der Waals surface area contributed by atoms with Crippen LogP contribution in [-0.2, 0) is 4.79 Å². The maximum absolute atomic E-state index is 12.1. The van der Waals surface area contributed by atoms with Gasteiger partial charge in [-0.1, -0.05) is 13.8 Å². The number of hydrogen-bond acceptors (Lipinski definition) is 4. The molecule has 0 spiro atoms. The molecule has 6 heteroatoms. The van der Waals surface area contributed by atoms with Crippen molar-refractivity contribution in [2.45, 2.75) is 26.7 Å². The Balaban J connectivity index is 2.59. The fourth-order valence-corrected chi connectivity index (χ4v) is 2.02. The van der Waals surface area contributed by atoms with E-state index in [4.69, 9.17) is 0 Å². The molecule has 1 rings (SSSR count). The molecule has 0 unspecified atom stereocenters. The number of rotatable bonds is 7. The Morgan fingerprint density at radius 3 is 2.72 bits per heavy atom. The molecule has 0 aliphatic carbocycles. The Kier molecular flexibility index (Phi) is 6.35. The van der Waals surface area contributed by atoms with E-state index >= 15 is 0 Å². The number of nitrogens with zero attached hydrogens (tertiary/aromatic N) is 2. The fourth-order valence-electron chi connectivity index (χ4n) is 1.50. The lowest BCUT2D eigenvalue weighted by molar-refractivity contribution is -0.121. The molecule has 0 aliphatic heterocycles. The van der Waals surface area contributed by atoms with Gasteiger partial charge in [-0.25, -0.2) is 4.98 Å². The van der Waals surface area contributed by atoms with Crippen molar-refractivity contribution in [2.75, 3.05) is 19.6 Å². The first kappa shape index (κ1) is 14.6. The molecule has 100 valence electrons. The van der Waals surface area contributed by atoms with Gasteiger partial charge in [0, 0.05) is 18.5 Å². The van der Waals surface area contributed by atoms with Crippen molar-refractivity contribution in [2.24, 2.45) is 0 Å². The summed E-state index contributed by atoms with van der Waals surface area (Å²) in [7, 11) is 0. The van der Waals surface area contributed by atoms with Crippen LogP contribution in [0.15, 0.2) is 10.9 Å². The third-order valence-electron chi connectivity index (χ3n) is 2.34. The summed E-state index contributed by atoms with van der Waals surface area (Å²) in [4.78, 5) is 29.3. The molecule has 2 amide bonds. The van der Waals surface area contributed by atoms with Gasteiger partial charge in [0.15, 0.2) is 0 Å². The van der Waals surface area contributed by atoms with Gasteiger partial charge in [-0.3, -0.25) is 9.59 Å². The van der Waals surface area contributed by atoms with E-state index in [9.17, 15) is 9.59 Å². The van der Waals surface area contributed by atoms with Crippen molar-refractivity contribution >= 4 is 23.2 Å². The van der Waals surface area contributed by atoms with E-state index in [-0.39, 0.29) is 18.4 Å². The molecule has 0 saturated carbocycles. The zero-order valence-corrected chi connectivity index (χ0v) is 11.6. The maximum Gasteiger partial charge on any atom is 0.273 e. The lowest BCUT2D eigenvalue weighted by Crippen LogP contribution is -2.41. The zero-order chi connectivity index (χ0) is 13.4. The third kappa shape index (κ3) is 4.44. The molecular weight excluding hydrogens is 250 g/mol. The number of nitrogens with one attached hydrogen (secondary N) is 1. The van der Waals surface area contributed by atoms with Gasteiger partial charge < -0.3 is 10.2 Å². The summed E-state index contributed by atoms with van der Waals surface area (Å²) in [5, 5.41) is 4.47. The molecule has 1 heterocycles. The van der Waals surface area contributed by atoms with Crippen molar-refractivity contribution in [3.63, 3.8) is 0 Å². The molecular formula is C12H19N3O2S. The van der Waals surface area contributed by atoms with Gasteiger partial charge in [-0.2, -0.15) is 0 Å². The Bertz CT molecular complexity index is 379. The summed E-state index contributed by atoms with van der Waals surface area (Å²) in [6.45, 7) is 5.28. The number of hydrogen-bond donors (Lipinski definition) is 1. The summed E-state index contributed by atoms with van der Waals surface area (Å²) in [5.74, 6) is -0.293. The van der Waals surface area contributed by atoms with Crippen LogP contribution in [-0.4, -0.2) is 41.3 Å². The SMILES string of the molecule is CCCNC(=O)CN(CCC)C(=O)c1cscn1. The van der Waals surface area contributed by atoms with Crippen molar-refractivity contribution in [3.8, 4) is 0 Å². The monoisotopic (exact) mass is 269 g/mol. The van der Waals surface area contributed by atoms with Crippen molar-refractivity contribution in [1.29, 1.82) is 0 Å². The van der Waals surface area contributed by atoms with Crippen molar-refractivity contribution < 1.29 is 9.59 Å². The van der Waals surface area contributed by atoms with Crippen molar-refractivity contribution in [1.82, 2.24) is 15.2 Å². The predicted octanol–water partition coefficient (Wildman–Crippen LogP) is 1.52. The minimum absolute atomic E-state index is 0.101. The molecule has 0 bridgehead atoms. The van der Waals surface area contributed by atoms with Gasteiger partial charge in [-0.15, -0.1) is 11.3 Å². The number of amides is 2. The van der Waals surface area contributed by atoms with Crippen LogP contribution in [0.2, 0.25) is 0 Å². The number of thiazole rings is 1. The molecule has 1 aromatic rings. The summed E-state index contributed by atoms with van der Waals surface area (Å²) in [5.41, 5.74) is 2.03. The van der Waals surface area contributed by atoms with E-state index in [2.05, 4.69) is 10.3 Å². The normalized spacial score (nSPS) is 10.1. The van der Waals surface area contributed by atoms with Crippen LogP contribution in [0.5, 0.6) is 0 Å². The summed E-state index contributed by atoms with van der Waals surface area (Å²) in [6, 6.07) is 0. The maximum atomic E-state index is 12.1. The summed E-state index contributed by atoms with van der Waals surface area (Å²) < 4.78 is 0. The van der Waals surface area contributed by atoms with E-state index in [0.717, 1.165) is 12.8 Å². The number of carbonyl (C=O) groups excluding carboxylic acids is 2. The van der Waals surface area contributed by atoms with Gasteiger partial charge >= 0.3 is 0 Å². The van der Waals surface area contributed by atoms with Crippen LogP contribution < -0.4 is 5.32 Å². The van der Waals surface area contributed by atoms with Gasteiger partial charge in [0.2, 0.25) is 5.91 Å². The fraction of sp³-hybridized carbons (Fsp3) is 0.583. The van der Waals surface area contributed by atoms with Crippen LogP contribution in [0, 0.1) is 0 Å². The van der Waals surface area contributed by atoms with Gasteiger partial charge in [0.05, 0.1) is 12.1 Å². The zero-order valence-electron chi connectivity index (χ0n) is 10.8. The Morgan fingerprint density at radius 2 is 2.17 bits per heavy atom. The Morgan fingerprint density at radius 1 is 1.39 bits per heavy atom. The summed E-state index contributed by atoms with van der Waals surface area (Å²) in [6.07, 6.45) is 1.70.